The van der Waals surface area contributed by atoms with Gasteiger partial charge in [-0.05, 0) is 41.2 Å². The number of furan rings is 1. The van der Waals surface area contributed by atoms with E-state index >= 15 is 0 Å². The molecule has 0 aliphatic rings. The van der Waals surface area contributed by atoms with E-state index in [0.29, 0.717) is 0 Å². The Balaban J connectivity index is 2.20. The number of nitrogens with one attached hydrogen (secondary N) is 1. The van der Waals surface area contributed by atoms with Crippen molar-refractivity contribution < 1.29 is 4.42 Å². The maximum atomic E-state index is 6.01. The largest absolute Gasteiger partial charge is 0.461 e. The first kappa shape index (κ1) is 13.9. The Morgan fingerprint density at radius 3 is 2.70 bits per heavy atom. The number of aryl methyl sites for hydroxylation is 1. The summed E-state index contributed by atoms with van der Waals surface area (Å²) in [4.78, 5) is 1.29. The fraction of sp³-hybridized carbons (Fsp3) is 0.250. The van der Waals surface area contributed by atoms with Gasteiger partial charge in [-0.15, -0.1) is 11.3 Å². The normalized spacial score (nSPS) is 12.9. The Hall–Kier alpha value is -1.10. The number of thiophene rings is 1. The summed E-state index contributed by atoms with van der Waals surface area (Å²) in [6.07, 6.45) is 0.898. The summed E-state index contributed by atoms with van der Waals surface area (Å²) in [7, 11) is 2.00. The lowest BCUT2D eigenvalue weighted by atomic mass is 10.0. The minimum atomic E-state index is 0.171. The quantitative estimate of drug-likeness (QED) is 0.706. The lowest BCUT2D eigenvalue weighted by molar-refractivity contribution is 0.540. The number of benzene rings is 1. The highest BCUT2D eigenvalue weighted by atomic mass is 79.9. The van der Waals surface area contributed by atoms with E-state index < -0.39 is 0 Å². The van der Waals surface area contributed by atoms with Crippen molar-refractivity contribution in [2.24, 2.45) is 0 Å². The molecule has 0 saturated heterocycles. The van der Waals surface area contributed by atoms with Crippen LogP contribution in [0.3, 0.4) is 0 Å². The highest BCUT2D eigenvalue weighted by molar-refractivity contribution is 9.11. The molecule has 0 spiro atoms. The van der Waals surface area contributed by atoms with Crippen LogP contribution >= 0.6 is 27.3 Å². The summed E-state index contributed by atoms with van der Waals surface area (Å²) in [5, 5.41) is 4.63. The molecule has 0 amide bonds. The first-order valence-corrected chi connectivity index (χ1v) is 8.28. The van der Waals surface area contributed by atoms with Gasteiger partial charge in [0.15, 0.2) is 0 Å². The minimum absolute atomic E-state index is 0.171. The average Bonchev–Trinajstić information content (AvgIpc) is 3.05. The number of hydrogen-bond acceptors (Lipinski definition) is 3. The van der Waals surface area contributed by atoms with Gasteiger partial charge in [0.25, 0.3) is 0 Å². The fourth-order valence-electron chi connectivity index (χ4n) is 2.61. The van der Waals surface area contributed by atoms with E-state index in [1.54, 1.807) is 11.3 Å². The molecular weight excluding hydrogens is 334 g/mol. The van der Waals surface area contributed by atoms with Gasteiger partial charge >= 0.3 is 0 Å². The van der Waals surface area contributed by atoms with Gasteiger partial charge in [-0.3, -0.25) is 0 Å². The van der Waals surface area contributed by atoms with E-state index in [-0.39, 0.29) is 6.04 Å². The van der Waals surface area contributed by atoms with Crippen LogP contribution in [0.25, 0.3) is 11.0 Å². The van der Waals surface area contributed by atoms with Crippen molar-refractivity contribution in [1.29, 1.82) is 0 Å². The lowest BCUT2D eigenvalue weighted by Crippen LogP contribution is -2.17. The molecule has 0 bridgehead atoms. The first-order valence-electron chi connectivity index (χ1n) is 6.67. The molecule has 0 aliphatic carbocycles. The zero-order valence-electron chi connectivity index (χ0n) is 11.4. The molecule has 2 heterocycles. The van der Waals surface area contributed by atoms with E-state index in [1.807, 2.05) is 19.2 Å². The van der Waals surface area contributed by atoms with Gasteiger partial charge < -0.3 is 9.73 Å². The highest BCUT2D eigenvalue weighted by Crippen LogP contribution is 2.37. The Morgan fingerprint density at radius 1 is 1.25 bits per heavy atom. The predicted molar refractivity (Wildman–Crippen MR) is 88.5 cm³/mol. The Kier molecular flexibility index (Phi) is 3.96. The smallest absolute Gasteiger partial charge is 0.134 e. The molecule has 0 radical (unpaired) electrons. The van der Waals surface area contributed by atoms with E-state index in [4.69, 9.17) is 4.42 Å². The molecule has 3 rings (SSSR count). The van der Waals surface area contributed by atoms with Gasteiger partial charge in [0, 0.05) is 22.2 Å². The van der Waals surface area contributed by atoms with E-state index in [0.717, 1.165) is 21.6 Å². The van der Waals surface area contributed by atoms with Crippen molar-refractivity contribution in [3.05, 3.63) is 56.4 Å². The second-order valence-corrected chi connectivity index (χ2v) is 7.15. The molecule has 3 aromatic rings. The van der Waals surface area contributed by atoms with Crippen molar-refractivity contribution in [2.75, 3.05) is 7.05 Å². The first-order chi connectivity index (χ1) is 9.74. The van der Waals surface area contributed by atoms with E-state index in [1.165, 1.54) is 15.8 Å². The molecule has 1 aromatic carbocycles. The topological polar surface area (TPSA) is 25.2 Å². The zero-order chi connectivity index (χ0) is 14.1. The van der Waals surface area contributed by atoms with Crippen molar-refractivity contribution in [1.82, 2.24) is 5.32 Å². The second kappa shape index (κ2) is 5.72. The number of fused-ring (bicyclic) bond motifs is 1. The van der Waals surface area contributed by atoms with Crippen LogP contribution in [0.4, 0.5) is 0 Å². The summed E-state index contributed by atoms with van der Waals surface area (Å²) >= 11 is 5.30. The van der Waals surface area contributed by atoms with Gasteiger partial charge in [0.1, 0.15) is 11.3 Å². The van der Waals surface area contributed by atoms with Crippen LogP contribution in [-0.2, 0) is 6.42 Å². The van der Waals surface area contributed by atoms with Gasteiger partial charge in [-0.25, -0.2) is 0 Å². The Bertz CT molecular complexity index is 731. The number of para-hydroxylation sites is 1. The van der Waals surface area contributed by atoms with Crippen LogP contribution < -0.4 is 5.32 Å². The molecular formula is C16H16BrNOS. The third-order valence-electron chi connectivity index (χ3n) is 3.49. The monoisotopic (exact) mass is 349 g/mol. The average molecular weight is 350 g/mol. The summed E-state index contributed by atoms with van der Waals surface area (Å²) in [6.45, 7) is 2.14. The summed E-state index contributed by atoms with van der Waals surface area (Å²) < 4.78 is 7.16. The van der Waals surface area contributed by atoms with E-state index in [9.17, 15) is 0 Å². The minimum Gasteiger partial charge on any atom is -0.461 e. The van der Waals surface area contributed by atoms with Gasteiger partial charge in [-0.1, -0.05) is 25.1 Å². The van der Waals surface area contributed by atoms with Crippen molar-refractivity contribution in [3.63, 3.8) is 0 Å². The SMILES string of the molecule is CCc1oc2ccccc2c1C(NC)c1ccc(Br)s1. The molecule has 0 fully saturated rings. The third kappa shape index (κ3) is 2.32. The van der Waals surface area contributed by atoms with Crippen molar-refractivity contribution in [2.45, 2.75) is 19.4 Å². The summed E-state index contributed by atoms with van der Waals surface area (Å²) in [5.74, 6) is 1.06. The molecule has 20 heavy (non-hydrogen) atoms. The van der Waals surface area contributed by atoms with Crippen LogP contribution in [0.15, 0.2) is 44.6 Å². The van der Waals surface area contributed by atoms with Crippen LogP contribution in [0.1, 0.15) is 29.2 Å². The van der Waals surface area contributed by atoms with Crippen molar-refractivity contribution >= 4 is 38.2 Å². The fourth-order valence-corrected chi connectivity index (χ4v) is 4.15. The van der Waals surface area contributed by atoms with Crippen LogP contribution in [-0.4, -0.2) is 7.05 Å². The molecule has 2 aromatic heterocycles. The molecule has 1 atom stereocenters. The highest BCUT2D eigenvalue weighted by Gasteiger charge is 2.23. The predicted octanol–water partition coefficient (Wildman–Crippen LogP) is 5.13. The van der Waals surface area contributed by atoms with Crippen molar-refractivity contribution in [3.8, 4) is 0 Å². The number of halogens is 1. The standard InChI is InChI=1S/C16H16BrNOS/c1-3-11-15(10-6-4-5-7-12(10)19-11)16(18-2)13-8-9-14(17)20-13/h4-9,16,18H,3H2,1-2H3. The lowest BCUT2D eigenvalue weighted by Gasteiger charge is -2.15. The Morgan fingerprint density at radius 2 is 2.05 bits per heavy atom. The summed E-state index contributed by atoms with van der Waals surface area (Å²) in [5.41, 5.74) is 2.23. The van der Waals surface area contributed by atoms with Gasteiger partial charge in [-0.2, -0.15) is 0 Å². The Labute approximate surface area is 130 Å². The molecule has 104 valence electrons. The molecule has 0 saturated carbocycles. The summed E-state index contributed by atoms with van der Waals surface area (Å²) in [6, 6.07) is 12.7. The zero-order valence-corrected chi connectivity index (χ0v) is 13.8. The van der Waals surface area contributed by atoms with Crippen LogP contribution in [0, 0.1) is 0 Å². The maximum Gasteiger partial charge on any atom is 0.134 e. The molecule has 1 unspecified atom stereocenters. The second-order valence-electron chi connectivity index (χ2n) is 4.65. The number of rotatable bonds is 4. The molecule has 2 nitrogen and oxygen atoms in total. The van der Waals surface area contributed by atoms with Gasteiger partial charge in [0.05, 0.1) is 9.83 Å². The molecule has 1 N–H and O–H groups in total. The molecule has 4 heteroatoms. The van der Waals surface area contributed by atoms with E-state index in [2.05, 4.69) is 52.4 Å². The van der Waals surface area contributed by atoms with Crippen LogP contribution in [0.2, 0.25) is 0 Å². The van der Waals surface area contributed by atoms with Gasteiger partial charge in [0.2, 0.25) is 0 Å². The third-order valence-corrected chi connectivity index (χ3v) is 5.18. The van der Waals surface area contributed by atoms with Crippen LogP contribution in [0.5, 0.6) is 0 Å². The molecule has 0 aliphatic heterocycles. The number of hydrogen-bond donors (Lipinski definition) is 1. The maximum absolute atomic E-state index is 6.01.